The third kappa shape index (κ3) is 7.53. The standard InChI is InChI=1S/C15H31N3O/c1-13(2)18(3)12-15(19)17-11-10-16-14-8-6-4-5-7-9-14/h13-14,16H,4-12H2,1-3H3,(H,17,19). The molecule has 0 spiro atoms. The molecule has 0 atom stereocenters. The summed E-state index contributed by atoms with van der Waals surface area (Å²) in [6, 6.07) is 1.08. The van der Waals surface area contributed by atoms with Crippen LogP contribution in [-0.4, -0.2) is 49.6 Å². The molecule has 1 aliphatic carbocycles. The summed E-state index contributed by atoms with van der Waals surface area (Å²) in [6.07, 6.45) is 8.06. The number of amides is 1. The Labute approximate surface area is 118 Å². The molecule has 1 saturated carbocycles. The van der Waals surface area contributed by atoms with Crippen LogP contribution in [0.2, 0.25) is 0 Å². The summed E-state index contributed by atoms with van der Waals surface area (Å²) >= 11 is 0. The molecule has 0 aliphatic heterocycles. The van der Waals surface area contributed by atoms with E-state index in [0.29, 0.717) is 18.6 Å². The Balaban J connectivity index is 2.04. The van der Waals surface area contributed by atoms with E-state index < -0.39 is 0 Å². The molecule has 4 nitrogen and oxygen atoms in total. The molecule has 19 heavy (non-hydrogen) atoms. The van der Waals surface area contributed by atoms with Crippen molar-refractivity contribution in [3.05, 3.63) is 0 Å². The van der Waals surface area contributed by atoms with Gasteiger partial charge in [0.25, 0.3) is 0 Å². The Bertz CT molecular complexity index is 248. The summed E-state index contributed by atoms with van der Waals surface area (Å²) < 4.78 is 0. The van der Waals surface area contributed by atoms with E-state index in [1.165, 1.54) is 38.5 Å². The number of hydrogen-bond donors (Lipinski definition) is 2. The minimum absolute atomic E-state index is 0.124. The topological polar surface area (TPSA) is 44.4 Å². The Morgan fingerprint density at radius 2 is 1.79 bits per heavy atom. The van der Waals surface area contributed by atoms with E-state index in [1.54, 1.807) is 0 Å². The third-order valence-corrected chi connectivity index (χ3v) is 4.01. The summed E-state index contributed by atoms with van der Waals surface area (Å²) in [7, 11) is 1.98. The van der Waals surface area contributed by atoms with Crippen molar-refractivity contribution in [1.29, 1.82) is 0 Å². The summed E-state index contributed by atoms with van der Waals surface area (Å²) in [6.45, 7) is 6.31. The van der Waals surface area contributed by atoms with E-state index in [0.717, 1.165) is 13.1 Å². The second-order valence-corrected chi connectivity index (χ2v) is 6.00. The molecule has 1 aliphatic rings. The first-order valence-corrected chi connectivity index (χ1v) is 7.80. The molecule has 0 radical (unpaired) electrons. The second-order valence-electron chi connectivity index (χ2n) is 6.00. The van der Waals surface area contributed by atoms with Crippen molar-refractivity contribution < 1.29 is 4.79 Å². The summed E-state index contributed by atoms with van der Waals surface area (Å²) in [5, 5.41) is 6.55. The summed E-state index contributed by atoms with van der Waals surface area (Å²) in [5.74, 6) is 0.124. The average Bonchev–Trinajstić information content (AvgIpc) is 2.63. The van der Waals surface area contributed by atoms with Crippen LogP contribution in [0.1, 0.15) is 52.4 Å². The van der Waals surface area contributed by atoms with E-state index in [-0.39, 0.29) is 5.91 Å². The quantitative estimate of drug-likeness (QED) is 0.547. The van der Waals surface area contributed by atoms with Gasteiger partial charge in [-0.2, -0.15) is 0 Å². The van der Waals surface area contributed by atoms with Gasteiger partial charge in [-0.15, -0.1) is 0 Å². The fourth-order valence-corrected chi connectivity index (χ4v) is 2.43. The van der Waals surface area contributed by atoms with Gasteiger partial charge in [0.15, 0.2) is 0 Å². The normalized spacial score (nSPS) is 17.7. The van der Waals surface area contributed by atoms with Crippen LogP contribution in [0, 0.1) is 0 Å². The van der Waals surface area contributed by atoms with Crippen molar-refractivity contribution in [2.24, 2.45) is 0 Å². The van der Waals surface area contributed by atoms with Crippen LogP contribution in [-0.2, 0) is 4.79 Å². The maximum atomic E-state index is 11.7. The van der Waals surface area contributed by atoms with Crippen molar-refractivity contribution in [2.45, 2.75) is 64.5 Å². The molecule has 0 aromatic carbocycles. The third-order valence-electron chi connectivity index (χ3n) is 4.01. The van der Waals surface area contributed by atoms with Crippen molar-refractivity contribution in [2.75, 3.05) is 26.7 Å². The van der Waals surface area contributed by atoms with Crippen LogP contribution in [0.25, 0.3) is 0 Å². The van der Waals surface area contributed by atoms with Crippen molar-refractivity contribution in [3.8, 4) is 0 Å². The monoisotopic (exact) mass is 269 g/mol. The fourth-order valence-electron chi connectivity index (χ4n) is 2.43. The molecule has 0 aromatic rings. The van der Waals surface area contributed by atoms with Gasteiger partial charge in [0.05, 0.1) is 6.54 Å². The van der Waals surface area contributed by atoms with Crippen LogP contribution in [0.3, 0.4) is 0 Å². The number of hydrogen-bond acceptors (Lipinski definition) is 3. The Morgan fingerprint density at radius 3 is 2.37 bits per heavy atom. The highest BCUT2D eigenvalue weighted by Crippen LogP contribution is 2.16. The van der Waals surface area contributed by atoms with E-state index in [2.05, 4.69) is 24.5 Å². The largest absolute Gasteiger partial charge is 0.354 e. The van der Waals surface area contributed by atoms with E-state index in [9.17, 15) is 4.79 Å². The van der Waals surface area contributed by atoms with Gasteiger partial charge >= 0.3 is 0 Å². The summed E-state index contributed by atoms with van der Waals surface area (Å²) in [5.41, 5.74) is 0. The lowest BCUT2D eigenvalue weighted by Gasteiger charge is -2.20. The van der Waals surface area contributed by atoms with Crippen LogP contribution in [0.4, 0.5) is 0 Å². The number of carbonyl (C=O) groups is 1. The Morgan fingerprint density at radius 1 is 1.16 bits per heavy atom. The number of nitrogens with one attached hydrogen (secondary N) is 2. The number of rotatable bonds is 7. The molecule has 0 heterocycles. The van der Waals surface area contributed by atoms with E-state index >= 15 is 0 Å². The fraction of sp³-hybridized carbons (Fsp3) is 0.933. The molecule has 0 unspecified atom stereocenters. The van der Waals surface area contributed by atoms with Gasteiger partial charge in [-0.05, 0) is 33.7 Å². The van der Waals surface area contributed by atoms with Gasteiger partial charge < -0.3 is 10.6 Å². The molecule has 2 N–H and O–H groups in total. The minimum atomic E-state index is 0.124. The number of nitrogens with zero attached hydrogens (tertiary/aromatic N) is 1. The zero-order valence-corrected chi connectivity index (χ0v) is 12.9. The first-order chi connectivity index (χ1) is 9.09. The van der Waals surface area contributed by atoms with Crippen molar-refractivity contribution >= 4 is 5.91 Å². The first-order valence-electron chi connectivity index (χ1n) is 7.80. The van der Waals surface area contributed by atoms with Gasteiger partial charge in [-0.1, -0.05) is 25.7 Å². The molecule has 1 fully saturated rings. The lowest BCUT2D eigenvalue weighted by Crippen LogP contribution is -2.42. The SMILES string of the molecule is CC(C)N(C)CC(=O)NCCNC1CCCCCC1. The molecule has 0 bridgehead atoms. The summed E-state index contributed by atoms with van der Waals surface area (Å²) in [4.78, 5) is 13.7. The van der Waals surface area contributed by atoms with Gasteiger partial charge in [0.1, 0.15) is 0 Å². The van der Waals surface area contributed by atoms with E-state index in [4.69, 9.17) is 0 Å². The maximum absolute atomic E-state index is 11.7. The molecule has 112 valence electrons. The highest BCUT2D eigenvalue weighted by atomic mass is 16.2. The van der Waals surface area contributed by atoms with Crippen LogP contribution < -0.4 is 10.6 Å². The highest BCUT2D eigenvalue weighted by molar-refractivity contribution is 5.77. The maximum Gasteiger partial charge on any atom is 0.234 e. The molecular formula is C15H31N3O. The van der Waals surface area contributed by atoms with Crippen LogP contribution in [0.15, 0.2) is 0 Å². The molecule has 0 aromatic heterocycles. The molecular weight excluding hydrogens is 238 g/mol. The second kappa shape index (κ2) is 9.32. The Hall–Kier alpha value is -0.610. The van der Waals surface area contributed by atoms with Gasteiger partial charge in [-0.3, -0.25) is 9.69 Å². The van der Waals surface area contributed by atoms with Gasteiger partial charge in [-0.25, -0.2) is 0 Å². The average molecular weight is 269 g/mol. The van der Waals surface area contributed by atoms with Crippen molar-refractivity contribution in [3.63, 3.8) is 0 Å². The number of carbonyl (C=O) groups excluding carboxylic acids is 1. The predicted molar refractivity (Wildman–Crippen MR) is 80.3 cm³/mol. The van der Waals surface area contributed by atoms with Gasteiger partial charge in [0.2, 0.25) is 5.91 Å². The smallest absolute Gasteiger partial charge is 0.234 e. The van der Waals surface area contributed by atoms with Crippen LogP contribution in [0.5, 0.6) is 0 Å². The van der Waals surface area contributed by atoms with Crippen LogP contribution >= 0.6 is 0 Å². The number of likely N-dealkylation sites (N-methyl/N-ethyl adjacent to an activating group) is 1. The van der Waals surface area contributed by atoms with Crippen molar-refractivity contribution in [1.82, 2.24) is 15.5 Å². The molecule has 1 rings (SSSR count). The molecule has 0 saturated heterocycles. The predicted octanol–water partition coefficient (Wildman–Crippen LogP) is 1.76. The van der Waals surface area contributed by atoms with Gasteiger partial charge in [0, 0.05) is 25.2 Å². The molecule has 4 heteroatoms. The lowest BCUT2D eigenvalue weighted by atomic mass is 10.1. The first kappa shape index (κ1) is 16.4. The molecule has 1 amide bonds. The Kier molecular flexibility index (Phi) is 8.07. The highest BCUT2D eigenvalue weighted by Gasteiger charge is 2.11. The lowest BCUT2D eigenvalue weighted by molar-refractivity contribution is -0.122. The zero-order chi connectivity index (χ0) is 14.1. The minimum Gasteiger partial charge on any atom is -0.354 e. The van der Waals surface area contributed by atoms with E-state index in [1.807, 2.05) is 11.9 Å². The zero-order valence-electron chi connectivity index (χ0n) is 12.9.